The SMILES string of the molecule is COc1ccc([C@H]2CNC(=O)/C(=C/c3cccc4c3OCO4)C2)cc1OC1CCCC1. The quantitative estimate of drug-likeness (QED) is 0.724. The summed E-state index contributed by atoms with van der Waals surface area (Å²) in [7, 11) is 1.67. The third-order valence-corrected chi connectivity index (χ3v) is 6.28. The van der Waals surface area contributed by atoms with Crippen molar-refractivity contribution >= 4 is 12.0 Å². The van der Waals surface area contributed by atoms with Crippen molar-refractivity contribution in [1.29, 1.82) is 0 Å². The second kappa shape index (κ2) is 8.53. The summed E-state index contributed by atoms with van der Waals surface area (Å²) in [4.78, 5) is 12.6. The summed E-state index contributed by atoms with van der Waals surface area (Å²) in [5.41, 5.74) is 2.73. The predicted molar refractivity (Wildman–Crippen MR) is 117 cm³/mol. The first kappa shape index (κ1) is 19.8. The van der Waals surface area contributed by atoms with Crippen molar-refractivity contribution in [3.05, 3.63) is 53.1 Å². The number of fused-ring (bicyclic) bond motifs is 1. The van der Waals surface area contributed by atoms with Crippen LogP contribution in [0.1, 0.15) is 49.1 Å². The Kier molecular flexibility index (Phi) is 5.45. The van der Waals surface area contributed by atoms with Gasteiger partial charge in [0.1, 0.15) is 0 Å². The van der Waals surface area contributed by atoms with Gasteiger partial charge in [0.2, 0.25) is 12.7 Å². The lowest BCUT2D eigenvalue weighted by Gasteiger charge is -2.26. The molecule has 2 heterocycles. The minimum Gasteiger partial charge on any atom is -0.493 e. The van der Waals surface area contributed by atoms with Crippen LogP contribution < -0.4 is 24.3 Å². The van der Waals surface area contributed by atoms with Crippen LogP contribution in [0.2, 0.25) is 0 Å². The Hall–Kier alpha value is -3.15. The summed E-state index contributed by atoms with van der Waals surface area (Å²) in [5, 5.41) is 3.04. The highest BCUT2D eigenvalue weighted by molar-refractivity contribution is 5.99. The number of carbonyl (C=O) groups excluding carboxylic acids is 1. The summed E-state index contributed by atoms with van der Waals surface area (Å²) in [6.07, 6.45) is 7.42. The highest BCUT2D eigenvalue weighted by atomic mass is 16.7. The Morgan fingerprint density at radius 1 is 1.10 bits per heavy atom. The lowest BCUT2D eigenvalue weighted by atomic mass is 9.87. The number of hydrogen-bond acceptors (Lipinski definition) is 5. The molecule has 1 N–H and O–H groups in total. The van der Waals surface area contributed by atoms with Gasteiger partial charge in [-0.2, -0.15) is 0 Å². The topological polar surface area (TPSA) is 66.0 Å². The fourth-order valence-electron chi connectivity index (χ4n) is 4.60. The van der Waals surface area contributed by atoms with Crippen LogP contribution in [0, 0.1) is 0 Å². The van der Waals surface area contributed by atoms with Crippen molar-refractivity contribution in [2.75, 3.05) is 20.4 Å². The summed E-state index contributed by atoms with van der Waals surface area (Å²) >= 11 is 0. The van der Waals surface area contributed by atoms with Crippen LogP contribution in [0.15, 0.2) is 42.0 Å². The molecule has 1 saturated carbocycles. The fourth-order valence-corrected chi connectivity index (χ4v) is 4.60. The lowest BCUT2D eigenvalue weighted by Crippen LogP contribution is -2.35. The fraction of sp³-hybridized carbons (Fsp3) is 0.400. The molecule has 0 unspecified atom stereocenters. The largest absolute Gasteiger partial charge is 0.493 e. The van der Waals surface area contributed by atoms with Crippen molar-refractivity contribution in [2.45, 2.75) is 44.1 Å². The van der Waals surface area contributed by atoms with E-state index in [9.17, 15) is 4.79 Å². The molecule has 3 aliphatic rings. The Labute approximate surface area is 182 Å². The van der Waals surface area contributed by atoms with E-state index in [4.69, 9.17) is 18.9 Å². The van der Waals surface area contributed by atoms with Crippen LogP contribution >= 0.6 is 0 Å². The highest BCUT2D eigenvalue weighted by Gasteiger charge is 2.27. The van der Waals surface area contributed by atoms with E-state index in [1.54, 1.807) is 7.11 Å². The van der Waals surface area contributed by atoms with Crippen molar-refractivity contribution in [3.63, 3.8) is 0 Å². The second-order valence-corrected chi connectivity index (χ2v) is 8.30. The Balaban J connectivity index is 1.40. The van der Waals surface area contributed by atoms with Gasteiger partial charge in [-0.15, -0.1) is 0 Å². The number of hydrogen-bond donors (Lipinski definition) is 1. The number of carbonyl (C=O) groups is 1. The Bertz CT molecular complexity index is 1010. The molecule has 0 aromatic heterocycles. The molecule has 162 valence electrons. The summed E-state index contributed by atoms with van der Waals surface area (Å²) in [5.74, 6) is 3.08. The maximum absolute atomic E-state index is 12.6. The average Bonchev–Trinajstić information content (AvgIpc) is 3.48. The molecule has 0 bridgehead atoms. The normalized spacial score (nSPS) is 21.9. The second-order valence-electron chi connectivity index (χ2n) is 8.30. The molecule has 1 aliphatic carbocycles. The zero-order valence-electron chi connectivity index (χ0n) is 17.7. The van der Waals surface area contributed by atoms with Crippen LogP contribution in [0.25, 0.3) is 6.08 Å². The number of piperidine rings is 1. The minimum absolute atomic E-state index is 0.0382. The number of amides is 1. The standard InChI is InChI=1S/C25H27NO5/c1-28-21-10-9-16(13-23(21)31-20-6-2-3-7-20)19-12-18(25(27)26-14-19)11-17-5-4-8-22-24(17)30-15-29-22/h4-5,8-11,13,19-20H,2-3,6-7,12,14-15H2,1H3,(H,26,27)/b18-11+/t19-/m1/s1. The van der Waals surface area contributed by atoms with Crippen LogP contribution in [-0.4, -0.2) is 32.5 Å². The Morgan fingerprint density at radius 2 is 1.97 bits per heavy atom. The van der Waals surface area contributed by atoms with E-state index in [2.05, 4.69) is 17.4 Å². The number of ether oxygens (including phenoxy) is 4. The van der Waals surface area contributed by atoms with Gasteiger partial charge in [0, 0.05) is 23.6 Å². The molecule has 2 aromatic carbocycles. The lowest BCUT2D eigenvalue weighted by molar-refractivity contribution is -0.118. The first-order chi connectivity index (χ1) is 15.2. The van der Waals surface area contributed by atoms with Crippen LogP contribution in [0.4, 0.5) is 0 Å². The van der Waals surface area contributed by atoms with Crippen LogP contribution in [-0.2, 0) is 4.79 Å². The van der Waals surface area contributed by atoms with E-state index in [-0.39, 0.29) is 24.7 Å². The average molecular weight is 421 g/mol. The molecule has 2 aliphatic heterocycles. The van der Waals surface area contributed by atoms with E-state index in [0.717, 1.165) is 41.0 Å². The molecule has 1 saturated heterocycles. The van der Waals surface area contributed by atoms with Crippen molar-refractivity contribution in [1.82, 2.24) is 5.32 Å². The number of rotatable bonds is 5. The van der Waals surface area contributed by atoms with Gasteiger partial charge in [-0.1, -0.05) is 18.2 Å². The van der Waals surface area contributed by atoms with Crippen molar-refractivity contribution < 1.29 is 23.7 Å². The summed E-state index contributed by atoms with van der Waals surface area (Å²) in [6, 6.07) is 11.8. The van der Waals surface area contributed by atoms with E-state index in [0.29, 0.717) is 24.5 Å². The molecule has 5 rings (SSSR count). The zero-order chi connectivity index (χ0) is 21.2. The van der Waals surface area contributed by atoms with Crippen molar-refractivity contribution in [3.8, 4) is 23.0 Å². The third-order valence-electron chi connectivity index (χ3n) is 6.28. The van der Waals surface area contributed by atoms with Gasteiger partial charge in [-0.05, 0) is 61.9 Å². The first-order valence-electron chi connectivity index (χ1n) is 10.9. The number of benzene rings is 2. The van der Waals surface area contributed by atoms with E-state index >= 15 is 0 Å². The molecule has 2 fully saturated rings. The van der Waals surface area contributed by atoms with Gasteiger partial charge >= 0.3 is 0 Å². The van der Waals surface area contributed by atoms with Gasteiger partial charge in [0.05, 0.1) is 13.2 Å². The molecule has 2 aromatic rings. The predicted octanol–water partition coefficient (Wildman–Crippen LogP) is 4.43. The molecule has 0 spiro atoms. The van der Waals surface area contributed by atoms with Gasteiger partial charge in [0.25, 0.3) is 0 Å². The highest BCUT2D eigenvalue weighted by Crippen LogP contribution is 2.39. The Morgan fingerprint density at radius 3 is 2.81 bits per heavy atom. The molecule has 0 radical (unpaired) electrons. The molecule has 1 atom stereocenters. The van der Waals surface area contributed by atoms with Gasteiger partial charge < -0.3 is 24.3 Å². The number of nitrogens with one attached hydrogen (secondary N) is 1. The molecule has 31 heavy (non-hydrogen) atoms. The molecule has 1 amide bonds. The monoisotopic (exact) mass is 421 g/mol. The maximum atomic E-state index is 12.6. The van der Waals surface area contributed by atoms with Crippen LogP contribution in [0.5, 0.6) is 23.0 Å². The molecular weight excluding hydrogens is 394 g/mol. The minimum atomic E-state index is -0.0382. The first-order valence-corrected chi connectivity index (χ1v) is 10.9. The van der Waals surface area contributed by atoms with Gasteiger partial charge in [-0.25, -0.2) is 0 Å². The van der Waals surface area contributed by atoms with E-state index in [1.807, 2.05) is 30.3 Å². The van der Waals surface area contributed by atoms with E-state index in [1.165, 1.54) is 12.8 Å². The van der Waals surface area contributed by atoms with Gasteiger partial charge in [-0.3, -0.25) is 4.79 Å². The molecule has 6 nitrogen and oxygen atoms in total. The van der Waals surface area contributed by atoms with Crippen molar-refractivity contribution in [2.24, 2.45) is 0 Å². The van der Waals surface area contributed by atoms with Crippen LogP contribution in [0.3, 0.4) is 0 Å². The van der Waals surface area contributed by atoms with Gasteiger partial charge in [0.15, 0.2) is 23.0 Å². The summed E-state index contributed by atoms with van der Waals surface area (Å²) < 4.78 is 22.8. The third kappa shape index (κ3) is 4.07. The molecular formula is C25H27NO5. The number of methoxy groups -OCH3 is 1. The molecule has 6 heteroatoms. The smallest absolute Gasteiger partial charge is 0.247 e. The maximum Gasteiger partial charge on any atom is 0.247 e. The zero-order valence-corrected chi connectivity index (χ0v) is 17.7. The number of para-hydroxylation sites is 1. The van der Waals surface area contributed by atoms with E-state index < -0.39 is 0 Å². The summed E-state index contributed by atoms with van der Waals surface area (Å²) in [6.45, 7) is 0.803.